The molecular formula is C17H25ClIN. The molecule has 0 bridgehead atoms. The molecular weight excluding hydrogens is 381 g/mol. The zero-order chi connectivity index (χ0) is 14.8. The predicted octanol–water partition coefficient (Wildman–Crippen LogP) is 6.35. The number of nitrogens with one attached hydrogen (secondary N) is 1. The van der Waals surface area contributed by atoms with E-state index in [0.29, 0.717) is 11.5 Å². The van der Waals surface area contributed by atoms with Crippen LogP contribution in [0.2, 0.25) is 5.02 Å². The first kappa shape index (κ1) is 16.4. The lowest BCUT2D eigenvalue weighted by atomic mass is 9.76. The SMILES string of the molecule is CC(C)(C)C1CCCC(Nc2ccc(Cl)cc2I)CC1. The molecule has 2 rings (SSSR count). The van der Waals surface area contributed by atoms with E-state index in [1.165, 1.54) is 41.4 Å². The molecule has 1 N–H and O–H groups in total. The van der Waals surface area contributed by atoms with Crippen LogP contribution in [-0.2, 0) is 0 Å². The van der Waals surface area contributed by atoms with Crippen LogP contribution in [0.25, 0.3) is 0 Å². The molecule has 1 aliphatic rings. The molecule has 1 aromatic rings. The minimum atomic E-state index is 0.448. The summed E-state index contributed by atoms with van der Waals surface area (Å²) in [6.07, 6.45) is 6.61. The minimum Gasteiger partial charge on any atom is -0.381 e. The Morgan fingerprint density at radius 3 is 2.55 bits per heavy atom. The second-order valence-corrected chi connectivity index (χ2v) is 8.64. The van der Waals surface area contributed by atoms with Crippen LogP contribution in [0, 0.1) is 14.9 Å². The van der Waals surface area contributed by atoms with Crippen molar-refractivity contribution in [3.63, 3.8) is 0 Å². The largest absolute Gasteiger partial charge is 0.381 e. The van der Waals surface area contributed by atoms with E-state index in [1.807, 2.05) is 12.1 Å². The van der Waals surface area contributed by atoms with E-state index < -0.39 is 0 Å². The first-order valence-electron chi connectivity index (χ1n) is 7.58. The Hall–Kier alpha value is 0.0400. The molecule has 1 nitrogen and oxygen atoms in total. The lowest BCUT2D eigenvalue weighted by molar-refractivity contribution is 0.214. The second-order valence-electron chi connectivity index (χ2n) is 7.04. The second kappa shape index (κ2) is 6.87. The first-order valence-corrected chi connectivity index (χ1v) is 9.03. The molecule has 0 heterocycles. The highest BCUT2D eigenvalue weighted by atomic mass is 127. The quantitative estimate of drug-likeness (QED) is 0.446. The summed E-state index contributed by atoms with van der Waals surface area (Å²) >= 11 is 8.38. The van der Waals surface area contributed by atoms with E-state index in [9.17, 15) is 0 Å². The summed E-state index contributed by atoms with van der Waals surface area (Å²) in [5, 5.41) is 4.54. The van der Waals surface area contributed by atoms with Crippen LogP contribution in [0.4, 0.5) is 5.69 Å². The van der Waals surface area contributed by atoms with Crippen molar-refractivity contribution in [3.8, 4) is 0 Å². The highest BCUT2D eigenvalue weighted by Crippen LogP contribution is 2.37. The van der Waals surface area contributed by atoms with Gasteiger partial charge in [0, 0.05) is 20.3 Å². The third-order valence-electron chi connectivity index (χ3n) is 4.48. The van der Waals surface area contributed by atoms with Crippen molar-refractivity contribution in [2.45, 2.75) is 58.9 Å². The highest BCUT2D eigenvalue weighted by Gasteiger charge is 2.27. The van der Waals surface area contributed by atoms with Gasteiger partial charge < -0.3 is 5.32 Å². The summed E-state index contributed by atoms with van der Waals surface area (Å²) in [6, 6.07) is 6.72. The molecule has 1 saturated carbocycles. The van der Waals surface area contributed by atoms with Crippen LogP contribution >= 0.6 is 34.2 Å². The van der Waals surface area contributed by atoms with E-state index in [2.05, 4.69) is 54.7 Å². The van der Waals surface area contributed by atoms with Crippen LogP contribution in [0.3, 0.4) is 0 Å². The summed E-state index contributed by atoms with van der Waals surface area (Å²) in [7, 11) is 0. The average molecular weight is 406 g/mol. The number of halogens is 2. The number of hydrogen-bond acceptors (Lipinski definition) is 1. The number of rotatable bonds is 2. The van der Waals surface area contributed by atoms with Gasteiger partial charge in [0.05, 0.1) is 0 Å². The Bertz CT molecular complexity index is 453. The van der Waals surface area contributed by atoms with E-state index in [0.717, 1.165) is 10.9 Å². The van der Waals surface area contributed by atoms with Crippen molar-refractivity contribution < 1.29 is 0 Å². The monoisotopic (exact) mass is 405 g/mol. The van der Waals surface area contributed by atoms with Crippen molar-refractivity contribution in [3.05, 3.63) is 26.8 Å². The summed E-state index contributed by atoms with van der Waals surface area (Å²) < 4.78 is 1.21. The lowest BCUT2D eigenvalue weighted by Gasteiger charge is -2.29. The topological polar surface area (TPSA) is 12.0 Å². The zero-order valence-electron chi connectivity index (χ0n) is 12.7. The fraction of sp³-hybridized carbons (Fsp3) is 0.647. The maximum atomic E-state index is 6.02. The Labute approximate surface area is 142 Å². The molecule has 1 aromatic carbocycles. The Balaban J connectivity index is 1.97. The molecule has 0 amide bonds. The third kappa shape index (κ3) is 4.52. The summed E-state index contributed by atoms with van der Waals surface area (Å²) in [5.74, 6) is 0.860. The number of benzene rings is 1. The van der Waals surface area contributed by atoms with Crippen LogP contribution in [0.15, 0.2) is 18.2 Å². The van der Waals surface area contributed by atoms with Gasteiger partial charge in [-0.1, -0.05) is 38.8 Å². The van der Waals surface area contributed by atoms with E-state index in [-0.39, 0.29) is 0 Å². The molecule has 1 fully saturated rings. The van der Waals surface area contributed by atoms with Crippen molar-refractivity contribution in [1.29, 1.82) is 0 Å². The smallest absolute Gasteiger partial charge is 0.0479 e. The van der Waals surface area contributed by atoms with Gasteiger partial charge in [0.1, 0.15) is 0 Å². The molecule has 1 aliphatic carbocycles. The standard InChI is InChI=1S/C17H25ClIN/c1-17(2,3)12-5-4-6-14(9-7-12)20-16-10-8-13(18)11-15(16)19/h8,10-12,14,20H,4-7,9H2,1-3H3. The van der Waals surface area contributed by atoms with Gasteiger partial charge in [-0.15, -0.1) is 0 Å². The summed E-state index contributed by atoms with van der Waals surface area (Å²) in [4.78, 5) is 0. The van der Waals surface area contributed by atoms with Gasteiger partial charge in [-0.3, -0.25) is 0 Å². The average Bonchev–Trinajstić information content (AvgIpc) is 2.58. The molecule has 3 heteroatoms. The Morgan fingerprint density at radius 1 is 1.15 bits per heavy atom. The maximum absolute atomic E-state index is 6.02. The fourth-order valence-corrected chi connectivity index (χ4v) is 4.17. The molecule has 0 saturated heterocycles. The zero-order valence-corrected chi connectivity index (χ0v) is 15.6. The van der Waals surface area contributed by atoms with Gasteiger partial charge in [-0.25, -0.2) is 0 Å². The molecule has 2 atom stereocenters. The van der Waals surface area contributed by atoms with Crippen LogP contribution < -0.4 is 5.32 Å². The van der Waals surface area contributed by atoms with Gasteiger partial charge in [0.2, 0.25) is 0 Å². The van der Waals surface area contributed by atoms with Crippen LogP contribution in [-0.4, -0.2) is 6.04 Å². The molecule has 112 valence electrons. The molecule has 0 radical (unpaired) electrons. The summed E-state index contributed by atoms with van der Waals surface area (Å²) in [5.41, 5.74) is 1.68. The van der Waals surface area contributed by atoms with Crippen molar-refractivity contribution in [2.75, 3.05) is 5.32 Å². The lowest BCUT2D eigenvalue weighted by Crippen LogP contribution is -2.22. The minimum absolute atomic E-state index is 0.448. The van der Waals surface area contributed by atoms with Crippen molar-refractivity contribution in [1.82, 2.24) is 0 Å². The van der Waals surface area contributed by atoms with Gasteiger partial charge in [0.25, 0.3) is 0 Å². The van der Waals surface area contributed by atoms with Crippen LogP contribution in [0.5, 0.6) is 0 Å². The van der Waals surface area contributed by atoms with E-state index >= 15 is 0 Å². The van der Waals surface area contributed by atoms with Gasteiger partial charge in [0.15, 0.2) is 0 Å². The van der Waals surface area contributed by atoms with Gasteiger partial charge in [-0.2, -0.15) is 0 Å². The normalized spacial score (nSPS) is 24.2. The maximum Gasteiger partial charge on any atom is 0.0479 e. The van der Waals surface area contributed by atoms with Gasteiger partial charge >= 0.3 is 0 Å². The highest BCUT2D eigenvalue weighted by molar-refractivity contribution is 14.1. The van der Waals surface area contributed by atoms with Crippen LogP contribution in [0.1, 0.15) is 52.9 Å². The van der Waals surface area contributed by atoms with E-state index in [4.69, 9.17) is 11.6 Å². The molecule has 0 spiro atoms. The number of hydrogen-bond donors (Lipinski definition) is 1. The first-order chi connectivity index (χ1) is 9.36. The molecule has 20 heavy (non-hydrogen) atoms. The van der Waals surface area contributed by atoms with E-state index in [1.54, 1.807) is 0 Å². The number of anilines is 1. The fourth-order valence-electron chi connectivity index (χ4n) is 3.14. The van der Waals surface area contributed by atoms with Crippen molar-refractivity contribution >= 4 is 39.9 Å². The molecule has 0 aromatic heterocycles. The third-order valence-corrected chi connectivity index (χ3v) is 5.61. The molecule has 2 unspecified atom stereocenters. The Morgan fingerprint density at radius 2 is 1.90 bits per heavy atom. The summed E-state index contributed by atoms with van der Waals surface area (Å²) in [6.45, 7) is 7.15. The van der Waals surface area contributed by atoms with Crippen molar-refractivity contribution in [2.24, 2.45) is 11.3 Å². The van der Waals surface area contributed by atoms with Gasteiger partial charge in [-0.05, 0) is 77.8 Å². The predicted molar refractivity (Wildman–Crippen MR) is 97.6 cm³/mol. The molecule has 0 aliphatic heterocycles. The Kier molecular flexibility index (Phi) is 5.63.